The largest absolute Gasteiger partial charge is 0.320 e. The number of pyridine rings is 1. The van der Waals surface area contributed by atoms with Gasteiger partial charge in [0, 0.05) is 23.2 Å². The smallest absolute Gasteiger partial charge is 0.257 e. The number of allylic oxidation sites excluding steroid dienone is 6. The van der Waals surface area contributed by atoms with Crippen molar-refractivity contribution in [1.29, 1.82) is 5.41 Å². The summed E-state index contributed by atoms with van der Waals surface area (Å²) >= 11 is 0. The van der Waals surface area contributed by atoms with Gasteiger partial charge in [0.05, 0.1) is 23.2 Å². The minimum absolute atomic E-state index is 0.116. The Morgan fingerprint density at radius 2 is 2.08 bits per heavy atom. The minimum atomic E-state index is -0.324. The Hall–Kier alpha value is -3.60. The first-order valence-electron chi connectivity index (χ1n) is 12.7. The van der Waals surface area contributed by atoms with Crippen LogP contribution in [-0.2, 0) is 4.79 Å². The van der Waals surface area contributed by atoms with Crippen LogP contribution in [0.4, 0.5) is 10.1 Å². The van der Waals surface area contributed by atoms with E-state index in [4.69, 9.17) is 5.41 Å². The average Bonchev–Trinajstić information content (AvgIpc) is 2.82. The first kappa shape index (κ1) is 25.5. The standard InChI is InChI=1S/C31H34FN3O/c1-4-7-22-9-6-11-27(32)30(22)23-8-5-10-26(28(33)13-12-23)31(36)35-29-19-34-15-14-25(29)24-17-20(2)16-21(3)18-24/h4,6-7,9-15,17,19-21,23,33H,5,8,16,18H2,1-3H3,(H,35,36)/b7-4?,13-12?,26-10+,33-28?. The molecule has 3 atom stereocenters. The van der Waals surface area contributed by atoms with Crippen molar-refractivity contribution in [3.05, 3.63) is 95.1 Å². The fraction of sp³-hybridized carbons (Fsp3) is 0.323. The molecule has 0 fully saturated rings. The normalized spacial score (nSPS) is 24.0. The summed E-state index contributed by atoms with van der Waals surface area (Å²) in [4.78, 5) is 17.5. The van der Waals surface area contributed by atoms with Gasteiger partial charge in [0.1, 0.15) is 5.82 Å². The van der Waals surface area contributed by atoms with E-state index in [0.717, 1.165) is 24.0 Å². The van der Waals surface area contributed by atoms with Crippen LogP contribution < -0.4 is 5.32 Å². The maximum absolute atomic E-state index is 14.8. The van der Waals surface area contributed by atoms with Gasteiger partial charge < -0.3 is 10.7 Å². The fourth-order valence-corrected chi connectivity index (χ4v) is 5.38. The van der Waals surface area contributed by atoms with Crippen molar-refractivity contribution in [2.45, 2.75) is 52.4 Å². The zero-order valence-electron chi connectivity index (χ0n) is 21.2. The lowest BCUT2D eigenvalue weighted by Crippen LogP contribution is -2.21. The van der Waals surface area contributed by atoms with E-state index in [2.05, 4.69) is 30.2 Å². The molecule has 4 nitrogen and oxygen atoms in total. The Balaban J connectivity index is 1.54. The Morgan fingerprint density at radius 3 is 2.86 bits per heavy atom. The second-order valence-electron chi connectivity index (χ2n) is 9.91. The highest BCUT2D eigenvalue weighted by molar-refractivity contribution is 6.28. The number of anilines is 1. The van der Waals surface area contributed by atoms with Crippen LogP contribution in [-0.4, -0.2) is 16.6 Å². The number of benzene rings is 1. The Bertz CT molecular complexity index is 1270. The summed E-state index contributed by atoms with van der Waals surface area (Å²) in [5, 5.41) is 11.6. The number of carbonyl (C=O) groups is 1. The molecule has 0 saturated carbocycles. The minimum Gasteiger partial charge on any atom is -0.320 e. The van der Waals surface area contributed by atoms with Gasteiger partial charge in [-0.25, -0.2) is 4.39 Å². The molecule has 2 N–H and O–H groups in total. The first-order valence-corrected chi connectivity index (χ1v) is 12.7. The molecule has 1 amide bonds. The van der Waals surface area contributed by atoms with Crippen molar-refractivity contribution in [3.63, 3.8) is 0 Å². The average molecular weight is 484 g/mol. The molecule has 186 valence electrons. The van der Waals surface area contributed by atoms with Crippen LogP contribution in [0.5, 0.6) is 0 Å². The molecular weight excluding hydrogens is 449 g/mol. The molecule has 2 aromatic rings. The van der Waals surface area contributed by atoms with E-state index < -0.39 is 0 Å². The summed E-state index contributed by atoms with van der Waals surface area (Å²) in [5.41, 5.74) is 4.78. The number of hydrogen-bond donors (Lipinski definition) is 2. The Kier molecular flexibility index (Phi) is 8.09. The van der Waals surface area contributed by atoms with Crippen molar-refractivity contribution in [2.24, 2.45) is 11.8 Å². The summed E-state index contributed by atoms with van der Waals surface area (Å²) in [6.07, 6.45) is 18.1. The highest BCUT2D eigenvalue weighted by Gasteiger charge is 2.23. The van der Waals surface area contributed by atoms with Gasteiger partial charge in [0.25, 0.3) is 5.91 Å². The summed E-state index contributed by atoms with van der Waals surface area (Å²) in [6, 6.07) is 7.04. The molecule has 1 heterocycles. The third kappa shape index (κ3) is 5.78. The van der Waals surface area contributed by atoms with Crippen molar-refractivity contribution >= 4 is 29.0 Å². The molecule has 0 saturated heterocycles. The monoisotopic (exact) mass is 483 g/mol. The SMILES string of the molecule is CC=Cc1cccc(F)c1C1C=CC(=N)/C(C(=O)Nc2cnccc2C2=CC(C)CC(C)C2)=C\CC1. The van der Waals surface area contributed by atoms with E-state index in [0.29, 0.717) is 41.5 Å². The number of carbonyl (C=O) groups excluding carboxylic acids is 1. The van der Waals surface area contributed by atoms with Gasteiger partial charge in [-0.2, -0.15) is 0 Å². The summed E-state index contributed by atoms with van der Waals surface area (Å²) in [6.45, 7) is 6.38. The lowest BCUT2D eigenvalue weighted by molar-refractivity contribution is -0.112. The van der Waals surface area contributed by atoms with Crippen LogP contribution in [0.2, 0.25) is 0 Å². The highest BCUT2D eigenvalue weighted by atomic mass is 19.1. The van der Waals surface area contributed by atoms with Gasteiger partial charge >= 0.3 is 0 Å². The van der Waals surface area contributed by atoms with Gasteiger partial charge in [-0.3, -0.25) is 9.78 Å². The van der Waals surface area contributed by atoms with E-state index >= 15 is 0 Å². The molecular formula is C31H34FN3O. The van der Waals surface area contributed by atoms with Gasteiger partial charge in [-0.1, -0.05) is 56.4 Å². The molecule has 0 spiro atoms. The number of hydrogen-bond acceptors (Lipinski definition) is 3. The topological polar surface area (TPSA) is 65.8 Å². The van der Waals surface area contributed by atoms with Crippen LogP contribution >= 0.6 is 0 Å². The second-order valence-corrected chi connectivity index (χ2v) is 9.91. The number of rotatable bonds is 5. The molecule has 0 bridgehead atoms. The summed E-state index contributed by atoms with van der Waals surface area (Å²) in [5.74, 6) is 0.321. The molecule has 4 rings (SSSR count). The number of nitrogens with zero attached hydrogens (tertiary/aromatic N) is 1. The van der Waals surface area contributed by atoms with Gasteiger partial charge in [0.15, 0.2) is 0 Å². The molecule has 0 radical (unpaired) electrons. The van der Waals surface area contributed by atoms with Crippen LogP contribution in [0, 0.1) is 23.1 Å². The molecule has 2 aliphatic rings. The van der Waals surface area contributed by atoms with E-state index in [1.165, 1.54) is 11.6 Å². The zero-order chi connectivity index (χ0) is 25.7. The number of amides is 1. The molecule has 2 aliphatic carbocycles. The van der Waals surface area contributed by atoms with Crippen molar-refractivity contribution < 1.29 is 9.18 Å². The molecule has 36 heavy (non-hydrogen) atoms. The Morgan fingerprint density at radius 1 is 1.25 bits per heavy atom. The van der Waals surface area contributed by atoms with E-state index in [1.807, 2.05) is 37.3 Å². The lowest BCUT2D eigenvalue weighted by Gasteiger charge is -2.25. The van der Waals surface area contributed by atoms with Crippen molar-refractivity contribution in [3.8, 4) is 0 Å². The molecule has 5 heteroatoms. The van der Waals surface area contributed by atoms with Gasteiger partial charge in [-0.15, -0.1) is 0 Å². The third-order valence-electron chi connectivity index (χ3n) is 6.90. The molecule has 1 aromatic carbocycles. The lowest BCUT2D eigenvalue weighted by atomic mass is 9.81. The molecule has 0 aliphatic heterocycles. The number of aromatic nitrogens is 1. The van der Waals surface area contributed by atoms with Crippen LogP contribution in [0.3, 0.4) is 0 Å². The first-order chi connectivity index (χ1) is 17.4. The molecule has 1 aromatic heterocycles. The third-order valence-corrected chi connectivity index (χ3v) is 6.90. The van der Waals surface area contributed by atoms with Crippen LogP contribution in [0.25, 0.3) is 11.6 Å². The number of nitrogens with one attached hydrogen (secondary N) is 2. The van der Waals surface area contributed by atoms with Crippen molar-refractivity contribution in [1.82, 2.24) is 4.98 Å². The van der Waals surface area contributed by atoms with Crippen LogP contribution in [0.1, 0.15) is 69.1 Å². The predicted octanol–water partition coefficient (Wildman–Crippen LogP) is 7.72. The fourth-order valence-electron chi connectivity index (χ4n) is 5.38. The predicted molar refractivity (Wildman–Crippen MR) is 146 cm³/mol. The van der Waals surface area contributed by atoms with Crippen molar-refractivity contribution in [2.75, 3.05) is 5.32 Å². The summed E-state index contributed by atoms with van der Waals surface area (Å²) in [7, 11) is 0. The van der Waals surface area contributed by atoms with E-state index in [-0.39, 0.29) is 23.4 Å². The highest BCUT2D eigenvalue weighted by Crippen LogP contribution is 2.36. The maximum atomic E-state index is 14.8. The quantitative estimate of drug-likeness (QED) is 0.457. The second kappa shape index (κ2) is 11.4. The maximum Gasteiger partial charge on any atom is 0.257 e. The summed E-state index contributed by atoms with van der Waals surface area (Å²) < 4.78 is 14.8. The van der Waals surface area contributed by atoms with Gasteiger partial charge in [0.2, 0.25) is 0 Å². The van der Waals surface area contributed by atoms with E-state index in [9.17, 15) is 9.18 Å². The Labute approximate surface area is 213 Å². The van der Waals surface area contributed by atoms with Crippen LogP contribution in [0.15, 0.2) is 72.6 Å². The number of halogens is 1. The van der Waals surface area contributed by atoms with Gasteiger partial charge in [-0.05, 0) is 73.8 Å². The van der Waals surface area contributed by atoms with E-state index in [1.54, 1.807) is 30.6 Å². The zero-order valence-corrected chi connectivity index (χ0v) is 21.2. The molecule has 3 unspecified atom stereocenters.